The molecule has 0 aliphatic carbocycles. The van der Waals surface area contributed by atoms with Crippen LogP contribution in [-0.4, -0.2) is 53.7 Å². The molecule has 2 fully saturated rings. The van der Waals surface area contributed by atoms with Gasteiger partial charge in [0.05, 0.1) is 21.9 Å². The monoisotopic (exact) mass is 536 g/mol. The highest BCUT2D eigenvalue weighted by molar-refractivity contribution is 7.10. The molecule has 2 aliphatic rings. The quantitative estimate of drug-likeness (QED) is 0.483. The fraction of sp³-hybridized carbons (Fsp3) is 0.538. The van der Waals surface area contributed by atoms with Crippen LogP contribution in [0.2, 0.25) is 0 Å². The van der Waals surface area contributed by atoms with Gasteiger partial charge >= 0.3 is 6.18 Å². The van der Waals surface area contributed by atoms with Crippen LogP contribution in [0.5, 0.6) is 0 Å². The van der Waals surface area contributed by atoms with Gasteiger partial charge in [0.25, 0.3) is 5.91 Å². The Morgan fingerprint density at radius 3 is 2.43 bits per heavy atom. The third kappa shape index (κ3) is 6.88. The molecule has 0 radical (unpaired) electrons. The summed E-state index contributed by atoms with van der Waals surface area (Å²) < 4.78 is 40.0. The molecule has 2 aliphatic heterocycles. The maximum Gasteiger partial charge on any atom is 0.416 e. The maximum atomic E-state index is 13.3. The largest absolute Gasteiger partial charge is 0.416 e. The van der Waals surface area contributed by atoms with E-state index in [1.807, 2.05) is 9.80 Å². The number of carbonyl (C=O) groups excluding carboxylic acids is 3. The molecule has 1 N–H and O–H groups in total. The number of nitrogens with zero attached hydrogens (tertiary/aromatic N) is 3. The Bertz CT molecular complexity index is 1140. The molecule has 37 heavy (non-hydrogen) atoms. The van der Waals surface area contributed by atoms with E-state index in [2.05, 4.69) is 10.3 Å². The predicted octanol–water partition coefficient (Wildman–Crippen LogP) is 5.48. The van der Waals surface area contributed by atoms with Gasteiger partial charge in [0.2, 0.25) is 5.91 Å². The number of halogens is 3. The number of anilines is 2. The number of nitrogens with one attached hydrogen (secondary N) is 1. The lowest BCUT2D eigenvalue weighted by Gasteiger charge is -2.31. The summed E-state index contributed by atoms with van der Waals surface area (Å²) in [5.41, 5.74) is 0.0716. The van der Waals surface area contributed by atoms with Crippen LogP contribution in [0, 0.1) is 0 Å². The van der Waals surface area contributed by atoms with Crippen molar-refractivity contribution in [3.05, 3.63) is 39.8 Å². The lowest BCUT2D eigenvalue weighted by atomic mass is 9.97. The number of carbonyl (C=O) groups is 3. The summed E-state index contributed by atoms with van der Waals surface area (Å²) in [5.74, 6) is -0.300. The van der Waals surface area contributed by atoms with E-state index in [4.69, 9.17) is 0 Å². The SMILES string of the molecule is CC(=O)CCCC(=O)N1CCC(c2nc(C(=O)Nc3cc(C(F)(F)F)ccc3N3CCCC3)cs2)CC1. The number of aromatic nitrogens is 1. The number of hydrogen-bond acceptors (Lipinski definition) is 6. The lowest BCUT2D eigenvalue weighted by Crippen LogP contribution is -2.37. The molecule has 0 unspecified atom stereocenters. The summed E-state index contributed by atoms with van der Waals surface area (Å²) in [5, 5.41) is 5.09. The van der Waals surface area contributed by atoms with Gasteiger partial charge in [-0.05, 0) is 57.2 Å². The maximum absolute atomic E-state index is 13.3. The molecule has 0 bridgehead atoms. The van der Waals surface area contributed by atoms with E-state index in [0.29, 0.717) is 38.0 Å². The van der Waals surface area contributed by atoms with E-state index in [1.165, 1.54) is 24.3 Å². The molecule has 0 spiro atoms. The van der Waals surface area contributed by atoms with Crippen LogP contribution < -0.4 is 10.2 Å². The van der Waals surface area contributed by atoms with E-state index >= 15 is 0 Å². The Morgan fingerprint density at radius 1 is 1.08 bits per heavy atom. The van der Waals surface area contributed by atoms with Gasteiger partial charge in [0, 0.05) is 50.3 Å². The molecule has 4 rings (SSSR count). The van der Waals surface area contributed by atoms with Gasteiger partial charge in [-0.25, -0.2) is 4.98 Å². The molecular formula is C26H31F3N4O3S. The first kappa shape index (κ1) is 27.1. The van der Waals surface area contributed by atoms with Crippen LogP contribution in [0.15, 0.2) is 23.6 Å². The van der Waals surface area contributed by atoms with Gasteiger partial charge in [-0.3, -0.25) is 9.59 Å². The number of ketones is 1. The number of likely N-dealkylation sites (tertiary alicyclic amines) is 1. The van der Waals surface area contributed by atoms with Gasteiger partial charge in [0.15, 0.2) is 0 Å². The van der Waals surface area contributed by atoms with Gasteiger partial charge in [-0.15, -0.1) is 11.3 Å². The third-order valence-corrected chi connectivity index (χ3v) is 7.90. The number of hydrogen-bond donors (Lipinski definition) is 1. The highest BCUT2D eigenvalue weighted by Crippen LogP contribution is 2.37. The second-order valence-corrected chi connectivity index (χ2v) is 10.5. The van der Waals surface area contributed by atoms with Crippen LogP contribution in [0.25, 0.3) is 0 Å². The van der Waals surface area contributed by atoms with Crippen molar-refractivity contribution in [2.45, 2.75) is 64.0 Å². The minimum Gasteiger partial charge on any atom is -0.370 e. The van der Waals surface area contributed by atoms with Crippen molar-refractivity contribution in [1.29, 1.82) is 0 Å². The first-order valence-corrected chi connectivity index (χ1v) is 13.5. The van der Waals surface area contributed by atoms with E-state index in [0.717, 1.165) is 55.9 Å². The van der Waals surface area contributed by atoms with Crippen molar-refractivity contribution in [3.8, 4) is 0 Å². The van der Waals surface area contributed by atoms with E-state index < -0.39 is 17.6 Å². The van der Waals surface area contributed by atoms with Crippen molar-refractivity contribution in [2.75, 3.05) is 36.4 Å². The summed E-state index contributed by atoms with van der Waals surface area (Å²) in [6.45, 7) is 4.16. The molecule has 1 aromatic carbocycles. The zero-order valence-electron chi connectivity index (χ0n) is 20.8. The summed E-state index contributed by atoms with van der Waals surface area (Å²) in [6.07, 6.45) is 0.163. The van der Waals surface area contributed by atoms with E-state index in [-0.39, 0.29) is 29.0 Å². The fourth-order valence-corrected chi connectivity index (χ4v) is 5.81. The number of thiazole rings is 1. The minimum atomic E-state index is -4.51. The summed E-state index contributed by atoms with van der Waals surface area (Å²) >= 11 is 1.36. The molecule has 200 valence electrons. The molecule has 0 saturated carbocycles. The molecule has 0 atom stereocenters. The Morgan fingerprint density at radius 2 is 1.78 bits per heavy atom. The molecule has 1 aromatic heterocycles. The predicted molar refractivity (Wildman–Crippen MR) is 136 cm³/mol. The summed E-state index contributed by atoms with van der Waals surface area (Å²) in [6, 6.07) is 3.46. The topological polar surface area (TPSA) is 82.6 Å². The van der Waals surface area contributed by atoms with Crippen molar-refractivity contribution in [1.82, 2.24) is 9.88 Å². The zero-order chi connectivity index (χ0) is 26.6. The van der Waals surface area contributed by atoms with Crippen molar-refractivity contribution < 1.29 is 27.6 Å². The first-order valence-electron chi connectivity index (χ1n) is 12.6. The van der Waals surface area contributed by atoms with Gasteiger partial charge in [-0.1, -0.05) is 0 Å². The Hall–Kier alpha value is -2.95. The van der Waals surface area contributed by atoms with Crippen LogP contribution in [-0.2, 0) is 15.8 Å². The van der Waals surface area contributed by atoms with Gasteiger partial charge < -0.3 is 19.9 Å². The number of alkyl halides is 3. The number of rotatable bonds is 8. The fourth-order valence-electron chi connectivity index (χ4n) is 4.83. The van der Waals surface area contributed by atoms with Crippen LogP contribution >= 0.6 is 11.3 Å². The summed E-state index contributed by atoms with van der Waals surface area (Å²) in [7, 11) is 0. The molecule has 3 heterocycles. The molecule has 2 aromatic rings. The standard InChI is InChI=1S/C26H31F3N4O3S/c1-17(34)5-4-6-23(35)33-13-9-18(10-14-33)25-31-21(16-37-25)24(36)30-20-15-19(26(27,28)29)7-8-22(20)32-11-2-3-12-32/h7-8,15-16,18H,2-6,9-14H2,1H3,(H,30,36). The highest BCUT2D eigenvalue weighted by Gasteiger charge is 2.32. The Balaban J connectivity index is 1.39. The molecule has 11 heteroatoms. The van der Waals surface area contributed by atoms with Crippen LogP contribution in [0.4, 0.5) is 24.5 Å². The van der Waals surface area contributed by atoms with Crippen molar-refractivity contribution in [3.63, 3.8) is 0 Å². The van der Waals surface area contributed by atoms with Gasteiger partial charge in [-0.2, -0.15) is 13.2 Å². The number of benzene rings is 1. The van der Waals surface area contributed by atoms with Gasteiger partial charge in [0.1, 0.15) is 11.5 Å². The number of piperidine rings is 1. The van der Waals surface area contributed by atoms with E-state index in [1.54, 1.807) is 5.38 Å². The van der Waals surface area contributed by atoms with Crippen molar-refractivity contribution in [2.24, 2.45) is 0 Å². The molecule has 7 nitrogen and oxygen atoms in total. The smallest absolute Gasteiger partial charge is 0.370 e. The summed E-state index contributed by atoms with van der Waals surface area (Å²) in [4.78, 5) is 44.7. The third-order valence-electron chi connectivity index (χ3n) is 6.89. The van der Waals surface area contributed by atoms with Crippen LogP contribution in [0.3, 0.4) is 0 Å². The average Bonchev–Trinajstić information content (AvgIpc) is 3.56. The highest BCUT2D eigenvalue weighted by atomic mass is 32.1. The molecule has 2 amide bonds. The Labute approximate surface area is 218 Å². The van der Waals surface area contributed by atoms with Crippen molar-refractivity contribution >= 4 is 40.3 Å². The second-order valence-electron chi connectivity index (χ2n) is 9.66. The normalized spacial score (nSPS) is 16.8. The first-order chi connectivity index (χ1) is 17.6. The second kappa shape index (κ2) is 11.6. The van der Waals surface area contributed by atoms with E-state index in [9.17, 15) is 27.6 Å². The molecule has 2 saturated heterocycles. The molecular weight excluding hydrogens is 505 g/mol. The number of Topliss-reactive ketones (excluding diaryl/α,β-unsaturated/α-hetero) is 1. The lowest BCUT2D eigenvalue weighted by molar-refractivity contribution is -0.137. The Kier molecular flexibility index (Phi) is 8.51. The zero-order valence-corrected chi connectivity index (χ0v) is 21.6. The average molecular weight is 537 g/mol. The number of amides is 2. The minimum absolute atomic E-state index is 0.0498. The van der Waals surface area contributed by atoms with Crippen LogP contribution in [0.1, 0.15) is 78.8 Å².